The van der Waals surface area contributed by atoms with Gasteiger partial charge in [-0.3, -0.25) is 4.79 Å². The van der Waals surface area contributed by atoms with Crippen LogP contribution in [0.25, 0.3) is 0 Å². The van der Waals surface area contributed by atoms with Crippen LogP contribution in [-0.2, 0) is 4.79 Å². The lowest BCUT2D eigenvalue weighted by Gasteiger charge is -2.11. The minimum Gasteiger partial charge on any atom is -0.493 e. The lowest BCUT2D eigenvalue weighted by Crippen LogP contribution is -2.26. The Balaban J connectivity index is 1.99. The lowest BCUT2D eigenvalue weighted by molar-refractivity contribution is -0.123. The zero-order valence-electron chi connectivity index (χ0n) is 14.9. The molecular formula is C19H21BrN2O4. The molecule has 138 valence electrons. The number of hydrogen-bond donors (Lipinski definition) is 1. The summed E-state index contributed by atoms with van der Waals surface area (Å²) in [5, 5.41) is 4.20. The number of methoxy groups -OCH3 is 2. The van der Waals surface area contributed by atoms with E-state index in [0.29, 0.717) is 23.7 Å². The maximum Gasteiger partial charge on any atom is 0.277 e. The standard InChI is InChI=1S/C19H21BrN2O4/c1-4-16(13-5-10-17(24-2)18(11-13)25-3)21-22-19(23)12-26-15-8-6-14(20)7-9-15/h5-11H,4,12H2,1-3H3,(H,22,23)/b21-16-. The second-order valence-corrected chi connectivity index (χ2v) is 6.18. The van der Waals surface area contributed by atoms with E-state index in [-0.39, 0.29) is 12.5 Å². The summed E-state index contributed by atoms with van der Waals surface area (Å²) in [4.78, 5) is 12.0. The van der Waals surface area contributed by atoms with Crippen LogP contribution in [0.2, 0.25) is 0 Å². The number of rotatable bonds is 8. The van der Waals surface area contributed by atoms with Crippen LogP contribution in [0.1, 0.15) is 18.9 Å². The summed E-state index contributed by atoms with van der Waals surface area (Å²) in [6.07, 6.45) is 0.642. The molecule has 26 heavy (non-hydrogen) atoms. The van der Waals surface area contributed by atoms with Crippen molar-refractivity contribution in [2.75, 3.05) is 20.8 Å². The molecule has 0 aliphatic rings. The monoisotopic (exact) mass is 420 g/mol. The molecule has 2 aromatic carbocycles. The van der Waals surface area contributed by atoms with E-state index in [1.807, 2.05) is 31.2 Å². The number of amides is 1. The zero-order chi connectivity index (χ0) is 18.9. The molecule has 0 saturated heterocycles. The van der Waals surface area contributed by atoms with Gasteiger partial charge in [-0.1, -0.05) is 22.9 Å². The van der Waals surface area contributed by atoms with Gasteiger partial charge in [-0.05, 0) is 48.9 Å². The Labute approximate surface area is 161 Å². The molecule has 0 aromatic heterocycles. The first-order valence-electron chi connectivity index (χ1n) is 8.03. The molecule has 7 heteroatoms. The number of nitrogens with zero attached hydrogens (tertiary/aromatic N) is 1. The Morgan fingerprint density at radius 3 is 2.38 bits per heavy atom. The van der Waals surface area contributed by atoms with Gasteiger partial charge in [-0.15, -0.1) is 0 Å². The molecule has 0 aliphatic heterocycles. The SMILES string of the molecule is CC/C(=N/NC(=O)COc1ccc(Br)cc1)c1ccc(OC)c(OC)c1. The largest absolute Gasteiger partial charge is 0.493 e. The highest BCUT2D eigenvalue weighted by atomic mass is 79.9. The summed E-state index contributed by atoms with van der Waals surface area (Å²) in [6.45, 7) is 1.84. The Bertz CT molecular complexity index is 776. The van der Waals surface area contributed by atoms with Crippen LogP contribution in [0.4, 0.5) is 0 Å². The minimum absolute atomic E-state index is 0.117. The molecular weight excluding hydrogens is 400 g/mol. The summed E-state index contributed by atoms with van der Waals surface area (Å²) in [5.74, 6) is 1.52. The molecule has 6 nitrogen and oxygen atoms in total. The smallest absolute Gasteiger partial charge is 0.277 e. The van der Waals surface area contributed by atoms with E-state index in [9.17, 15) is 4.79 Å². The summed E-state index contributed by atoms with van der Waals surface area (Å²) in [5.41, 5.74) is 4.09. The summed E-state index contributed by atoms with van der Waals surface area (Å²) in [7, 11) is 3.16. The fraction of sp³-hybridized carbons (Fsp3) is 0.263. The van der Waals surface area contributed by atoms with Crippen LogP contribution < -0.4 is 19.6 Å². The molecule has 0 bridgehead atoms. The molecule has 0 radical (unpaired) electrons. The van der Waals surface area contributed by atoms with Gasteiger partial charge in [-0.2, -0.15) is 5.10 Å². The predicted molar refractivity (Wildman–Crippen MR) is 104 cm³/mol. The Morgan fingerprint density at radius 1 is 1.08 bits per heavy atom. The summed E-state index contributed by atoms with van der Waals surface area (Å²) >= 11 is 3.35. The van der Waals surface area contributed by atoms with E-state index in [1.165, 1.54) is 0 Å². The Kier molecular flexibility index (Phi) is 7.47. The Morgan fingerprint density at radius 2 is 1.77 bits per heavy atom. The third-order valence-corrected chi connectivity index (χ3v) is 4.08. The van der Waals surface area contributed by atoms with Gasteiger partial charge in [0.2, 0.25) is 0 Å². The number of hydrazone groups is 1. The summed E-state index contributed by atoms with van der Waals surface area (Å²) < 4.78 is 16.9. The van der Waals surface area contributed by atoms with E-state index in [2.05, 4.69) is 26.5 Å². The van der Waals surface area contributed by atoms with Gasteiger partial charge in [-0.25, -0.2) is 5.43 Å². The number of benzene rings is 2. The van der Waals surface area contributed by atoms with Gasteiger partial charge >= 0.3 is 0 Å². The van der Waals surface area contributed by atoms with Crippen LogP contribution in [0, 0.1) is 0 Å². The van der Waals surface area contributed by atoms with Gasteiger partial charge in [0.25, 0.3) is 5.91 Å². The Hall–Kier alpha value is -2.54. The highest BCUT2D eigenvalue weighted by molar-refractivity contribution is 9.10. The lowest BCUT2D eigenvalue weighted by atomic mass is 10.1. The van der Waals surface area contributed by atoms with Crippen molar-refractivity contribution in [2.45, 2.75) is 13.3 Å². The molecule has 0 heterocycles. The van der Waals surface area contributed by atoms with Gasteiger partial charge in [0, 0.05) is 10.0 Å². The average Bonchev–Trinajstić information content (AvgIpc) is 2.67. The van der Waals surface area contributed by atoms with Gasteiger partial charge in [0.15, 0.2) is 18.1 Å². The average molecular weight is 421 g/mol. The highest BCUT2D eigenvalue weighted by Crippen LogP contribution is 2.28. The molecule has 0 fully saturated rings. The molecule has 2 aromatic rings. The second-order valence-electron chi connectivity index (χ2n) is 5.26. The third-order valence-electron chi connectivity index (χ3n) is 3.55. The minimum atomic E-state index is -0.334. The first-order valence-corrected chi connectivity index (χ1v) is 8.82. The number of ether oxygens (including phenoxy) is 3. The highest BCUT2D eigenvalue weighted by Gasteiger charge is 2.09. The van der Waals surface area contributed by atoms with Crippen molar-refractivity contribution in [1.29, 1.82) is 0 Å². The van der Waals surface area contributed by atoms with Crippen LogP contribution in [0.3, 0.4) is 0 Å². The van der Waals surface area contributed by atoms with Crippen molar-refractivity contribution in [1.82, 2.24) is 5.43 Å². The maximum atomic E-state index is 12.0. The quantitative estimate of drug-likeness (QED) is 0.521. The first kappa shape index (κ1) is 19.8. The van der Waals surface area contributed by atoms with E-state index in [4.69, 9.17) is 14.2 Å². The van der Waals surface area contributed by atoms with Crippen molar-refractivity contribution in [3.63, 3.8) is 0 Å². The number of hydrogen-bond acceptors (Lipinski definition) is 5. The molecule has 1 amide bonds. The molecule has 0 aliphatic carbocycles. The van der Waals surface area contributed by atoms with Crippen molar-refractivity contribution in [3.05, 3.63) is 52.5 Å². The molecule has 0 unspecified atom stereocenters. The van der Waals surface area contributed by atoms with E-state index in [0.717, 1.165) is 15.7 Å². The maximum absolute atomic E-state index is 12.0. The molecule has 2 rings (SSSR count). The summed E-state index contributed by atoms with van der Waals surface area (Å²) in [6, 6.07) is 12.7. The topological polar surface area (TPSA) is 69.2 Å². The number of halogens is 1. The van der Waals surface area contributed by atoms with Crippen LogP contribution in [0.5, 0.6) is 17.2 Å². The van der Waals surface area contributed by atoms with E-state index in [1.54, 1.807) is 32.4 Å². The molecule has 1 N–H and O–H groups in total. The van der Waals surface area contributed by atoms with E-state index >= 15 is 0 Å². The van der Waals surface area contributed by atoms with Crippen molar-refractivity contribution < 1.29 is 19.0 Å². The fourth-order valence-electron chi connectivity index (χ4n) is 2.21. The first-order chi connectivity index (χ1) is 12.6. The fourth-order valence-corrected chi connectivity index (χ4v) is 2.47. The zero-order valence-corrected chi connectivity index (χ0v) is 16.5. The van der Waals surface area contributed by atoms with Crippen LogP contribution in [0.15, 0.2) is 52.0 Å². The van der Waals surface area contributed by atoms with Gasteiger partial charge < -0.3 is 14.2 Å². The van der Waals surface area contributed by atoms with Crippen molar-refractivity contribution in [2.24, 2.45) is 5.10 Å². The van der Waals surface area contributed by atoms with Gasteiger partial charge in [0.05, 0.1) is 19.9 Å². The molecule has 0 spiro atoms. The van der Waals surface area contributed by atoms with Crippen LogP contribution in [-0.4, -0.2) is 32.4 Å². The number of carbonyl (C=O) groups excluding carboxylic acids is 1. The third kappa shape index (κ3) is 5.49. The van der Waals surface area contributed by atoms with E-state index < -0.39 is 0 Å². The van der Waals surface area contributed by atoms with Crippen molar-refractivity contribution >= 4 is 27.5 Å². The second kappa shape index (κ2) is 9.82. The number of carbonyl (C=O) groups is 1. The predicted octanol–water partition coefficient (Wildman–Crippen LogP) is 3.78. The number of nitrogens with one attached hydrogen (secondary N) is 1. The van der Waals surface area contributed by atoms with Gasteiger partial charge in [0.1, 0.15) is 5.75 Å². The van der Waals surface area contributed by atoms with Crippen LogP contribution >= 0.6 is 15.9 Å². The molecule has 0 atom stereocenters. The van der Waals surface area contributed by atoms with Crippen molar-refractivity contribution in [3.8, 4) is 17.2 Å². The molecule has 0 saturated carbocycles. The normalized spacial score (nSPS) is 11.0.